The van der Waals surface area contributed by atoms with E-state index in [1.807, 2.05) is 18.2 Å². The standard InChI is InChI=1S/C54H41N/c1-3-14-40(4-2)53-38-37-52(39-54(53)49-27-25-46(26-28-49)45-23-21-44(22-24-45)41-15-8-5-9-16-41)55(50-33-29-47(30-34-50)42-17-10-6-11-18-42)51-35-31-48(32-36-51)43-19-12-7-13-20-43/h3-39H,1-2H2/b40-14+. The molecule has 0 spiro atoms. The minimum Gasteiger partial charge on any atom is -0.310 e. The van der Waals surface area contributed by atoms with Crippen molar-refractivity contribution in [1.82, 2.24) is 0 Å². The van der Waals surface area contributed by atoms with Crippen molar-refractivity contribution in [3.05, 3.63) is 243 Å². The van der Waals surface area contributed by atoms with Crippen molar-refractivity contribution in [2.75, 3.05) is 4.90 Å². The van der Waals surface area contributed by atoms with Gasteiger partial charge >= 0.3 is 0 Å². The molecule has 0 radical (unpaired) electrons. The van der Waals surface area contributed by atoms with E-state index in [9.17, 15) is 0 Å². The highest BCUT2D eigenvalue weighted by Crippen LogP contribution is 2.41. The largest absolute Gasteiger partial charge is 0.310 e. The molecule has 0 amide bonds. The molecular formula is C54H41N. The lowest BCUT2D eigenvalue weighted by Crippen LogP contribution is -2.10. The van der Waals surface area contributed by atoms with Gasteiger partial charge in [-0.15, -0.1) is 0 Å². The van der Waals surface area contributed by atoms with Crippen LogP contribution in [0.5, 0.6) is 0 Å². The van der Waals surface area contributed by atoms with Gasteiger partial charge < -0.3 is 4.90 Å². The maximum absolute atomic E-state index is 4.17. The van der Waals surface area contributed by atoms with Gasteiger partial charge in [0.2, 0.25) is 0 Å². The summed E-state index contributed by atoms with van der Waals surface area (Å²) in [5, 5.41) is 0. The molecule has 1 nitrogen and oxygen atoms in total. The lowest BCUT2D eigenvalue weighted by Gasteiger charge is -2.27. The summed E-state index contributed by atoms with van der Waals surface area (Å²) >= 11 is 0. The number of rotatable bonds is 11. The molecular weight excluding hydrogens is 663 g/mol. The van der Waals surface area contributed by atoms with Crippen LogP contribution in [0.2, 0.25) is 0 Å². The summed E-state index contributed by atoms with van der Waals surface area (Å²) in [5.41, 5.74) is 17.1. The molecule has 8 rings (SSSR count). The summed E-state index contributed by atoms with van der Waals surface area (Å²) in [6, 6.07) is 73.7. The van der Waals surface area contributed by atoms with Crippen molar-refractivity contribution in [3.63, 3.8) is 0 Å². The molecule has 8 aromatic carbocycles. The highest BCUT2D eigenvalue weighted by atomic mass is 15.1. The molecule has 0 saturated carbocycles. The number of benzene rings is 8. The predicted molar refractivity (Wildman–Crippen MR) is 237 cm³/mol. The van der Waals surface area contributed by atoms with E-state index in [2.05, 4.69) is 224 Å². The van der Waals surface area contributed by atoms with Gasteiger partial charge in [-0.25, -0.2) is 0 Å². The first-order chi connectivity index (χ1) is 27.2. The zero-order valence-corrected chi connectivity index (χ0v) is 30.7. The van der Waals surface area contributed by atoms with Crippen LogP contribution < -0.4 is 4.90 Å². The van der Waals surface area contributed by atoms with Crippen molar-refractivity contribution in [1.29, 1.82) is 0 Å². The van der Waals surface area contributed by atoms with Crippen LogP contribution >= 0.6 is 0 Å². The van der Waals surface area contributed by atoms with E-state index in [0.29, 0.717) is 0 Å². The number of allylic oxidation sites excluding steroid dienone is 4. The molecule has 0 fully saturated rings. The molecule has 0 atom stereocenters. The Morgan fingerprint density at radius 3 is 1.04 bits per heavy atom. The molecule has 0 unspecified atom stereocenters. The minimum absolute atomic E-state index is 1.02. The van der Waals surface area contributed by atoms with Crippen molar-refractivity contribution in [2.45, 2.75) is 0 Å². The van der Waals surface area contributed by atoms with E-state index in [1.54, 1.807) is 0 Å². The average Bonchev–Trinajstić information content (AvgIpc) is 3.27. The Kier molecular flexibility index (Phi) is 10.3. The number of anilines is 3. The van der Waals surface area contributed by atoms with Crippen LogP contribution in [0.25, 0.3) is 61.2 Å². The second kappa shape index (κ2) is 16.2. The first-order valence-electron chi connectivity index (χ1n) is 18.7. The Bertz CT molecular complexity index is 2460. The maximum atomic E-state index is 4.17. The highest BCUT2D eigenvalue weighted by Gasteiger charge is 2.17. The van der Waals surface area contributed by atoms with E-state index >= 15 is 0 Å². The lowest BCUT2D eigenvalue weighted by molar-refractivity contribution is 1.28. The fraction of sp³-hybridized carbons (Fsp3) is 0. The van der Waals surface area contributed by atoms with Crippen LogP contribution in [0.4, 0.5) is 17.1 Å². The third-order valence-corrected chi connectivity index (χ3v) is 10.1. The molecule has 262 valence electrons. The van der Waals surface area contributed by atoms with E-state index in [4.69, 9.17) is 0 Å². The number of nitrogens with zero attached hydrogens (tertiary/aromatic N) is 1. The van der Waals surface area contributed by atoms with E-state index in [1.165, 1.54) is 44.5 Å². The van der Waals surface area contributed by atoms with Gasteiger partial charge in [-0.3, -0.25) is 0 Å². The first-order valence-corrected chi connectivity index (χ1v) is 18.7. The van der Waals surface area contributed by atoms with Crippen molar-refractivity contribution in [2.24, 2.45) is 0 Å². The highest BCUT2D eigenvalue weighted by molar-refractivity contribution is 5.90. The molecule has 55 heavy (non-hydrogen) atoms. The Hall–Kier alpha value is -7.22. The quantitative estimate of drug-likeness (QED) is 0.121. The summed E-state index contributed by atoms with van der Waals surface area (Å²) in [6.45, 7) is 8.16. The van der Waals surface area contributed by atoms with Crippen LogP contribution in [0, 0.1) is 0 Å². The minimum atomic E-state index is 1.02. The van der Waals surface area contributed by atoms with Gasteiger partial charge in [-0.1, -0.05) is 201 Å². The molecule has 0 aliphatic rings. The second-order valence-corrected chi connectivity index (χ2v) is 13.5. The average molecular weight is 704 g/mol. The molecule has 1 heteroatoms. The van der Waals surface area contributed by atoms with Gasteiger partial charge in [-0.2, -0.15) is 0 Å². The van der Waals surface area contributed by atoms with Crippen molar-refractivity contribution in [3.8, 4) is 55.6 Å². The van der Waals surface area contributed by atoms with Crippen molar-refractivity contribution >= 4 is 22.6 Å². The third-order valence-electron chi connectivity index (χ3n) is 10.1. The van der Waals surface area contributed by atoms with Gasteiger partial charge in [-0.05, 0) is 103 Å². The smallest absolute Gasteiger partial charge is 0.0468 e. The van der Waals surface area contributed by atoms with Crippen LogP contribution in [-0.4, -0.2) is 0 Å². The predicted octanol–water partition coefficient (Wildman–Crippen LogP) is 15.2. The molecule has 0 N–H and O–H groups in total. The summed E-state index contributed by atoms with van der Waals surface area (Å²) < 4.78 is 0. The summed E-state index contributed by atoms with van der Waals surface area (Å²) in [4.78, 5) is 2.34. The monoisotopic (exact) mass is 703 g/mol. The topological polar surface area (TPSA) is 3.24 Å². The van der Waals surface area contributed by atoms with Crippen LogP contribution in [-0.2, 0) is 0 Å². The summed E-state index contributed by atoms with van der Waals surface area (Å²) in [7, 11) is 0. The SMILES string of the molecule is C=C/C=C(\C=C)c1ccc(N(c2ccc(-c3ccccc3)cc2)c2ccc(-c3ccccc3)cc2)cc1-c1ccc(-c2ccc(-c3ccccc3)cc2)cc1. The van der Waals surface area contributed by atoms with E-state index in [0.717, 1.165) is 39.3 Å². The van der Waals surface area contributed by atoms with Crippen molar-refractivity contribution < 1.29 is 0 Å². The zero-order valence-electron chi connectivity index (χ0n) is 30.7. The Labute approximate surface area is 325 Å². The van der Waals surface area contributed by atoms with Crippen LogP contribution in [0.15, 0.2) is 238 Å². The van der Waals surface area contributed by atoms with Crippen LogP contribution in [0.3, 0.4) is 0 Å². The summed E-state index contributed by atoms with van der Waals surface area (Å²) in [5.74, 6) is 0. The Morgan fingerprint density at radius 2 is 0.673 bits per heavy atom. The van der Waals surface area contributed by atoms with Gasteiger partial charge in [0.1, 0.15) is 0 Å². The molecule has 0 saturated heterocycles. The van der Waals surface area contributed by atoms with Crippen LogP contribution in [0.1, 0.15) is 5.56 Å². The number of hydrogen-bond acceptors (Lipinski definition) is 1. The number of hydrogen-bond donors (Lipinski definition) is 0. The van der Waals surface area contributed by atoms with Gasteiger partial charge in [0.15, 0.2) is 0 Å². The normalized spacial score (nSPS) is 11.2. The lowest BCUT2D eigenvalue weighted by atomic mass is 9.91. The molecule has 0 aliphatic carbocycles. The van der Waals surface area contributed by atoms with E-state index < -0.39 is 0 Å². The first kappa shape index (κ1) is 34.8. The Morgan fingerprint density at radius 1 is 0.345 bits per heavy atom. The molecule has 0 bridgehead atoms. The fourth-order valence-corrected chi connectivity index (χ4v) is 7.20. The summed E-state index contributed by atoms with van der Waals surface area (Å²) in [6.07, 6.45) is 5.76. The van der Waals surface area contributed by atoms with Gasteiger partial charge in [0.25, 0.3) is 0 Å². The third kappa shape index (κ3) is 7.64. The molecule has 8 aromatic rings. The maximum Gasteiger partial charge on any atom is 0.0468 e. The second-order valence-electron chi connectivity index (χ2n) is 13.5. The Balaban J connectivity index is 1.21. The molecule has 0 aromatic heterocycles. The fourth-order valence-electron chi connectivity index (χ4n) is 7.20. The molecule has 0 aliphatic heterocycles. The molecule has 0 heterocycles. The zero-order chi connectivity index (χ0) is 37.4. The van der Waals surface area contributed by atoms with Gasteiger partial charge in [0.05, 0.1) is 0 Å². The van der Waals surface area contributed by atoms with Gasteiger partial charge in [0, 0.05) is 17.1 Å². The van der Waals surface area contributed by atoms with E-state index in [-0.39, 0.29) is 0 Å².